The number of esters is 2. The molecule has 34 heavy (non-hydrogen) atoms. The Kier molecular flexibility index (Phi) is 11.2. The molecule has 1 heterocycles. The summed E-state index contributed by atoms with van der Waals surface area (Å²) < 4.78 is 33.5. The molecule has 11 nitrogen and oxygen atoms in total. The molecule has 0 aliphatic rings. The molecule has 1 N–H and O–H groups in total. The molecule has 0 saturated carbocycles. The number of hydrogen-bond acceptors (Lipinski definition) is 11. The molecule has 0 saturated heterocycles. The highest BCUT2D eigenvalue weighted by molar-refractivity contribution is 7.93. The zero-order valence-corrected chi connectivity index (χ0v) is 20.6. The van der Waals surface area contributed by atoms with Gasteiger partial charge >= 0.3 is 18.1 Å². The molecular weight excluding hydrogens is 488 g/mol. The molecule has 13 heteroatoms. The maximum Gasteiger partial charge on any atom is 0.373 e. The average molecular weight is 513 g/mol. The summed E-state index contributed by atoms with van der Waals surface area (Å²) in [6.07, 6.45) is 3.22. The summed E-state index contributed by atoms with van der Waals surface area (Å²) in [5.41, 5.74) is -0.343. The van der Waals surface area contributed by atoms with Gasteiger partial charge in [0.1, 0.15) is 5.75 Å². The molecule has 2 aromatic rings. The lowest BCUT2D eigenvalue weighted by Gasteiger charge is -2.12. The highest BCUT2D eigenvalue weighted by Crippen LogP contribution is 2.29. The van der Waals surface area contributed by atoms with Gasteiger partial charge < -0.3 is 9.47 Å². The quantitative estimate of drug-likeness (QED) is 0.390. The van der Waals surface area contributed by atoms with Gasteiger partial charge in [0.2, 0.25) is 0 Å². The van der Waals surface area contributed by atoms with Gasteiger partial charge in [-0.1, -0.05) is 50.2 Å². The minimum absolute atomic E-state index is 0.0646. The molecule has 0 fully saturated rings. The molecular formula is C21H24N2O9S2. The van der Waals surface area contributed by atoms with Crippen molar-refractivity contribution in [3.05, 3.63) is 35.5 Å². The van der Waals surface area contributed by atoms with E-state index in [2.05, 4.69) is 15.0 Å². The van der Waals surface area contributed by atoms with Crippen molar-refractivity contribution < 1.29 is 41.9 Å². The number of carbonyl (C=O) groups excluding carboxylic acids is 5. The van der Waals surface area contributed by atoms with Gasteiger partial charge in [-0.25, -0.2) is 18.2 Å². The second kappa shape index (κ2) is 13.3. The first-order valence-corrected chi connectivity index (χ1v) is 12.6. The number of nitrogens with one attached hydrogen (secondary N) is 1. The molecule has 0 spiro atoms. The Balaban J connectivity index is 0.00000182. The Morgan fingerprint density at radius 3 is 2.38 bits per heavy atom. The molecule has 1 aromatic heterocycles. The minimum atomic E-state index is -3.77. The molecule has 1 aromatic carbocycles. The van der Waals surface area contributed by atoms with Gasteiger partial charge in [-0.05, 0) is 18.1 Å². The summed E-state index contributed by atoms with van der Waals surface area (Å²) in [7, 11) is -2.68. The van der Waals surface area contributed by atoms with E-state index in [1.807, 2.05) is 13.8 Å². The van der Waals surface area contributed by atoms with E-state index < -0.39 is 33.4 Å². The molecule has 0 bridgehead atoms. The number of nitrogens with zero attached hydrogens (tertiary/aromatic N) is 1. The Morgan fingerprint density at radius 2 is 1.82 bits per heavy atom. The zero-order valence-electron chi connectivity index (χ0n) is 18.9. The number of anilines is 1. The monoisotopic (exact) mass is 512 g/mol. The minimum Gasteiger partial charge on any atom is -0.464 e. The Bertz CT molecular complexity index is 1170. The van der Waals surface area contributed by atoms with Crippen molar-refractivity contribution in [2.75, 3.05) is 18.7 Å². The summed E-state index contributed by atoms with van der Waals surface area (Å²) in [5.74, 6) is -1.84. The third-order valence-corrected chi connectivity index (χ3v) is 6.97. The normalized spacial score (nSPS) is 11.3. The van der Waals surface area contributed by atoms with Crippen LogP contribution in [0.2, 0.25) is 0 Å². The summed E-state index contributed by atoms with van der Waals surface area (Å²) in [4.78, 5) is 57.0. The second-order valence-electron chi connectivity index (χ2n) is 7.02. The summed E-state index contributed by atoms with van der Waals surface area (Å²) in [5, 5.41) is 2.34. The molecule has 0 aliphatic heterocycles. The SMILES string of the molecule is CCCC(C)CC(=O)Oc1ccccc1C(=O)Nc1nc(C(=O)OC)c(S(C)(=O)=O)s1.O=C=O. The van der Waals surface area contributed by atoms with Crippen molar-refractivity contribution in [2.45, 2.75) is 37.3 Å². The van der Waals surface area contributed by atoms with E-state index in [1.165, 1.54) is 12.1 Å². The number of rotatable bonds is 9. The van der Waals surface area contributed by atoms with E-state index in [0.29, 0.717) is 11.3 Å². The van der Waals surface area contributed by atoms with Gasteiger partial charge in [-0.3, -0.25) is 14.9 Å². The summed E-state index contributed by atoms with van der Waals surface area (Å²) in [6.45, 7) is 3.98. The van der Waals surface area contributed by atoms with Gasteiger partial charge in [-0.2, -0.15) is 9.59 Å². The van der Waals surface area contributed by atoms with Crippen LogP contribution >= 0.6 is 11.3 Å². The first kappa shape index (κ1) is 28.6. The zero-order chi connectivity index (χ0) is 25.9. The lowest BCUT2D eigenvalue weighted by molar-refractivity contribution is -0.191. The number of ether oxygens (including phenoxy) is 2. The Hall–Kier alpha value is -3.41. The highest BCUT2D eigenvalue weighted by atomic mass is 32.2. The van der Waals surface area contributed by atoms with Crippen LogP contribution < -0.4 is 10.1 Å². The number of hydrogen-bond donors (Lipinski definition) is 1. The topological polar surface area (TPSA) is 163 Å². The van der Waals surface area contributed by atoms with Crippen LogP contribution in [0.3, 0.4) is 0 Å². The molecule has 0 radical (unpaired) electrons. The third-order valence-electron chi connectivity index (χ3n) is 4.18. The number of carbonyl (C=O) groups is 3. The highest BCUT2D eigenvalue weighted by Gasteiger charge is 2.27. The third kappa shape index (κ3) is 8.50. The van der Waals surface area contributed by atoms with E-state index in [-0.39, 0.29) is 39.1 Å². The van der Waals surface area contributed by atoms with Crippen LogP contribution in [-0.4, -0.2) is 50.8 Å². The maximum absolute atomic E-state index is 12.7. The van der Waals surface area contributed by atoms with Crippen molar-refractivity contribution in [3.8, 4) is 5.75 Å². The van der Waals surface area contributed by atoms with Gasteiger partial charge in [0.25, 0.3) is 5.91 Å². The summed E-state index contributed by atoms with van der Waals surface area (Å²) in [6, 6.07) is 6.16. The van der Waals surface area contributed by atoms with Crippen molar-refractivity contribution in [1.29, 1.82) is 0 Å². The van der Waals surface area contributed by atoms with Gasteiger partial charge in [0.05, 0.1) is 12.7 Å². The fraction of sp³-hybridized carbons (Fsp3) is 0.381. The van der Waals surface area contributed by atoms with Crippen LogP contribution in [0.15, 0.2) is 28.5 Å². The fourth-order valence-electron chi connectivity index (χ4n) is 2.79. The average Bonchev–Trinajstić information content (AvgIpc) is 3.18. The fourth-order valence-corrected chi connectivity index (χ4v) is 4.79. The Labute approximate surface area is 200 Å². The first-order chi connectivity index (χ1) is 16.0. The summed E-state index contributed by atoms with van der Waals surface area (Å²) >= 11 is 0.627. The van der Waals surface area contributed by atoms with Crippen molar-refractivity contribution in [3.63, 3.8) is 0 Å². The van der Waals surface area contributed by atoms with Crippen LogP contribution in [0.25, 0.3) is 0 Å². The lowest BCUT2D eigenvalue weighted by atomic mass is 10.0. The number of sulfone groups is 1. The van der Waals surface area contributed by atoms with Crippen LogP contribution in [-0.2, 0) is 29.0 Å². The Morgan fingerprint density at radius 1 is 1.21 bits per heavy atom. The molecule has 1 atom stereocenters. The van der Waals surface area contributed by atoms with Gasteiger partial charge in [-0.15, -0.1) is 0 Å². The number of thiazole rings is 1. The second-order valence-corrected chi connectivity index (χ2v) is 10.2. The smallest absolute Gasteiger partial charge is 0.373 e. The van der Waals surface area contributed by atoms with Crippen molar-refractivity contribution in [2.24, 2.45) is 5.92 Å². The molecule has 0 aliphatic carbocycles. The molecule has 1 amide bonds. The number of methoxy groups -OCH3 is 1. The van der Waals surface area contributed by atoms with Crippen molar-refractivity contribution in [1.82, 2.24) is 4.98 Å². The number of amides is 1. The molecule has 1 unspecified atom stereocenters. The predicted octanol–water partition coefficient (Wildman–Crippen LogP) is 2.73. The van der Waals surface area contributed by atoms with E-state index in [9.17, 15) is 22.8 Å². The van der Waals surface area contributed by atoms with Crippen LogP contribution in [0.4, 0.5) is 5.13 Å². The number of para-hydroxylation sites is 1. The molecule has 184 valence electrons. The van der Waals surface area contributed by atoms with Gasteiger partial charge in [0.15, 0.2) is 24.9 Å². The van der Waals surface area contributed by atoms with Crippen molar-refractivity contribution >= 4 is 50.3 Å². The van der Waals surface area contributed by atoms with Crippen LogP contribution in [0.1, 0.15) is 54.0 Å². The largest absolute Gasteiger partial charge is 0.464 e. The van der Waals surface area contributed by atoms with E-state index >= 15 is 0 Å². The maximum atomic E-state index is 12.7. The van der Waals surface area contributed by atoms with E-state index in [0.717, 1.165) is 26.2 Å². The van der Waals surface area contributed by atoms with Crippen LogP contribution in [0, 0.1) is 5.92 Å². The van der Waals surface area contributed by atoms with Gasteiger partial charge in [0, 0.05) is 12.7 Å². The van der Waals surface area contributed by atoms with E-state index in [4.69, 9.17) is 14.3 Å². The molecule has 2 rings (SSSR count). The lowest BCUT2D eigenvalue weighted by Crippen LogP contribution is -2.17. The van der Waals surface area contributed by atoms with Crippen LogP contribution in [0.5, 0.6) is 5.75 Å². The predicted molar refractivity (Wildman–Crippen MR) is 120 cm³/mol. The number of aromatic nitrogens is 1. The number of benzene rings is 1. The first-order valence-electron chi connectivity index (χ1n) is 9.87. The standard InChI is InChI=1S/C20H24N2O7S2.CO2/c1-5-8-12(2)11-15(23)29-14-10-7-6-9-13(14)17(24)22-20-21-16(18(25)28-3)19(30-20)31(4,26)27;2-1-3/h6-7,9-10,12H,5,8,11H2,1-4H3,(H,21,22,24);. The van der Waals surface area contributed by atoms with E-state index in [1.54, 1.807) is 12.1 Å².